The van der Waals surface area contributed by atoms with Crippen molar-refractivity contribution in [1.82, 2.24) is 5.32 Å². The zero-order valence-electron chi connectivity index (χ0n) is 11.3. The van der Waals surface area contributed by atoms with E-state index in [0.29, 0.717) is 12.6 Å². The lowest BCUT2D eigenvalue weighted by Crippen LogP contribution is -2.25. The topological polar surface area (TPSA) is 50.4 Å². The molecule has 0 fully saturated rings. The van der Waals surface area contributed by atoms with Gasteiger partial charge in [-0.25, -0.2) is 4.79 Å². The summed E-state index contributed by atoms with van der Waals surface area (Å²) >= 11 is 0. The lowest BCUT2D eigenvalue weighted by atomic mass is 10.2. The van der Waals surface area contributed by atoms with Crippen LogP contribution < -0.4 is 10.6 Å². The Labute approximate surface area is 109 Å². The SMILES string of the molecule is Cc1ccc(NC(=O)OCCCNC(C)C)cc1. The second kappa shape index (κ2) is 7.71. The second-order valence-electron chi connectivity index (χ2n) is 4.59. The van der Waals surface area contributed by atoms with Crippen LogP contribution in [0.3, 0.4) is 0 Å². The largest absolute Gasteiger partial charge is 0.449 e. The van der Waals surface area contributed by atoms with Gasteiger partial charge in [-0.15, -0.1) is 0 Å². The van der Waals surface area contributed by atoms with E-state index in [2.05, 4.69) is 24.5 Å². The van der Waals surface area contributed by atoms with Gasteiger partial charge in [-0.2, -0.15) is 0 Å². The predicted octanol–water partition coefficient (Wildman–Crippen LogP) is 2.93. The fourth-order valence-electron chi connectivity index (χ4n) is 1.42. The van der Waals surface area contributed by atoms with Crippen LogP contribution in [0.25, 0.3) is 0 Å². The molecule has 0 radical (unpaired) electrons. The first-order chi connectivity index (χ1) is 8.58. The Bertz CT molecular complexity index is 361. The van der Waals surface area contributed by atoms with Crippen molar-refractivity contribution in [1.29, 1.82) is 0 Å². The Morgan fingerprint density at radius 1 is 1.28 bits per heavy atom. The minimum Gasteiger partial charge on any atom is -0.449 e. The zero-order chi connectivity index (χ0) is 13.4. The molecule has 0 aliphatic carbocycles. The third-order valence-corrected chi connectivity index (χ3v) is 2.40. The Kier molecular flexibility index (Phi) is 6.22. The van der Waals surface area contributed by atoms with Crippen molar-refractivity contribution in [2.45, 2.75) is 33.2 Å². The molecule has 0 unspecified atom stereocenters. The molecular formula is C14H22N2O2. The number of benzene rings is 1. The molecule has 0 heterocycles. The van der Waals surface area contributed by atoms with E-state index in [1.807, 2.05) is 31.2 Å². The smallest absolute Gasteiger partial charge is 0.411 e. The predicted molar refractivity (Wildman–Crippen MR) is 73.9 cm³/mol. The van der Waals surface area contributed by atoms with Crippen LogP contribution >= 0.6 is 0 Å². The van der Waals surface area contributed by atoms with Gasteiger partial charge < -0.3 is 10.1 Å². The molecule has 0 aliphatic heterocycles. The van der Waals surface area contributed by atoms with Crippen molar-refractivity contribution < 1.29 is 9.53 Å². The van der Waals surface area contributed by atoms with Gasteiger partial charge in [0.25, 0.3) is 0 Å². The first-order valence-electron chi connectivity index (χ1n) is 6.32. The molecular weight excluding hydrogens is 228 g/mol. The van der Waals surface area contributed by atoms with Gasteiger partial charge in [-0.3, -0.25) is 5.32 Å². The third-order valence-electron chi connectivity index (χ3n) is 2.40. The lowest BCUT2D eigenvalue weighted by molar-refractivity contribution is 0.160. The van der Waals surface area contributed by atoms with E-state index in [-0.39, 0.29) is 0 Å². The van der Waals surface area contributed by atoms with Crippen LogP contribution in [0.5, 0.6) is 0 Å². The van der Waals surface area contributed by atoms with Gasteiger partial charge in [-0.05, 0) is 32.0 Å². The van der Waals surface area contributed by atoms with Crippen LogP contribution in [-0.2, 0) is 4.74 Å². The van der Waals surface area contributed by atoms with Gasteiger partial charge in [0, 0.05) is 11.7 Å². The molecule has 0 spiro atoms. The van der Waals surface area contributed by atoms with Crippen LogP contribution in [0, 0.1) is 6.92 Å². The third kappa shape index (κ3) is 6.25. The van der Waals surface area contributed by atoms with Gasteiger partial charge in [0.1, 0.15) is 0 Å². The summed E-state index contributed by atoms with van der Waals surface area (Å²) in [5.41, 5.74) is 1.92. The summed E-state index contributed by atoms with van der Waals surface area (Å²) < 4.78 is 5.07. The molecule has 0 atom stereocenters. The summed E-state index contributed by atoms with van der Waals surface area (Å²) in [5, 5.41) is 5.95. The van der Waals surface area contributed by atoms with E-state index in [9.17, 15) is 4.79 Å². The number of amides is 1. The second-order valence-corrected chi connectivity index (χ2v) is 4.59. The minimum absolute atomic E-state index is 0.400. The molecule has 0 saturated carbocycles. The minimum atomic E-state index is -0.400. The number of carbonyl (C=O) groups is 1. The Morgan fingerprint density at radius 2 is 1.94 bits per heavy atom. The molecule has 1 aromatic rings. The molecule has 0 aliphatic rings. The fraction of sp³-hybridized carbons (Fsp3) is 0.500. The zero-order valence-corrected chi connectivity index (χ0v) is 11.3. The van der Waals surface area contributed by atoms with Crippen LogP contribution in [0.2, 0.25) is 0 Å². The van der Waals surface area contributed by atoms with Crippen molar-refractivity contribution in [3.63, 3.8) is 0 Å². The number of anilines is 1. The molecule has 0 aromatic heterocycles. The molecule has 2 N–H and O–H groups in total. The van der Waals surface area contributed by atoms with Gasteiger partial charge in [0.15, 0.2) is 0 Å². The van der Waals surface area contributed by atoms with Crippen LogP contribution in [0.4, 0.5) is 10.5 Å². The highest BCUT2D eigenvalue weighted by Gasteiger charge is 2.02. The van der Waals surface area contributed by atoms with Crippen LogP contribution in [-0.4, -0.2) is 25.3 Å². The Hall–Kier alpha value is -1.55. The molecule has 100 valence electrons. The monoisotopic (exact) mass is 250 g/mol. The van der Waals surface area contributed by atoms with E-state index in [4.69, 9.17) is 4.74 Å². The normalized spacial score (nSPS) is 10.4. The van der Waals surface area contributed by atoms with Crippen molar-refractivity contribution in [3.05, 3.63) is 29.8 Å². The summed E-state index contributed by atoms with van der Waals surface area (Å²) in [5.74, 6) is 0. The summed E-state index contributed by atoms with van der Waals surface area (Å²) in [6.07, 6.45) is 0.419. The van der Waals surface area contributed by atoms with Gasteiger partial charge in [0.2, 0.25) is 0 Å². The summed E-state index contributed by atoms with van der Waals surface area (Å²) in [6, 6.07) is 8.07. The quantitative estimate of drug-likeness (QED) is 0.763. The van der Waals surface area contributed by atoms with Crippen molar-refractivity contribution in [2.75, 3.05) is 18.5 Å². The lowest BCUT2D eigenvalue weighted by Gasteiger charge is -2.09. The number of ether oxygens (including phenoxy) is 1. The highest BCUT2D eigenvalue weighted by atomic mass is 16.5. The van der Waals surface area contributed by atoms with Crippen LogP contribution in [0.1, 0.15) is 25.8 Å². The fourth-order valence-corrected chi connectivity index (χ4v) is 1.42. The molecule has 1 amide bonds. The first-order valence-corrected chi connectivity index (χ1v) is 6.32. The van der Waals surface area contributed by atoms with Gasteiger partial charge >= 0.3 is 6.09 Å². The van der Waals surface area contributed by atoms with E-state index in [1.54, 1.807) is 0 Å². The molecule has 4 nitrogen and oxygen atoms in total. The summed E-state index contributed by atoms with van der Waals surface area (Å²) in [6.45, 7) is 7.46. The average molecular weight is 250 g/mol. The molecule has 1 aromatic carbocycles. The number of hydrogen-bond donors (Lipinski definition) is 2. The maximum absolute atomic E-state index is 11.4. The Balaban J connectivity index is 2.16. The van der Waals surface area contributed by atoms with Crippen LogP contribution in [0.15, 0.2) is 24.3 Å². The number of hydrogen-bond acceptors (Lipinski definition) is 3. The molecule has 4 heteroatoms. The van der Waals surface area contributed by atoms with E-state index >= 15 is 0 Å². The maximum Gasteiger partial charge on any atom is 0.411 e. The number of aryl methyl sites for hydroxylation is 1. The number of rotatable bonds is 6. The van der Waals surface area contributed by atoms with E-state index < -0.39 is 6.09 Å². The molecule has 0 bridgehead atoms. The standard InChI is InChI=1S/C14H22N2O2/c1-11(2)15-9-4-10-18-14(17)16-13-7-5-12(3)6-8-13/h5-8,11,15H,4,9-10H2,1-3H3,(H,16,17). The number of carbonyl (C=O) groups excluding carboxylic acids is 1. The van der Waals surface area contributed by atoms with Gasteiger partial charge in [-0.1, -0.05) is 31.5 Å². The van der Waals surface area contributed by atoms with Gasteiger partial charge in [0.05, 0.1) is 6.61 Å². The highest BCUT2D eigenvalue weighted by molar-refractivity contribution is 5.84. The molecule has 1 rings (SSSR count). The van der Waals surface area contributed by atoms with E-state index in [1.165, 1.54) is 0 Å². The molecule has 18 heavy (non-hydrogen) atoms. The Morgan fingerprint density at radius 3 is 2.56 bits per heavy atom. The number of nitrogens with one attached hydrogen (secondary N) is 2. The first kappa shape index (κ1) is 14.5. The van der Waals surface area contributed by atoms with Crippen molar-refractivity contribution in [3.8, 4) is 0 Å². The van der Waals surface area contributed by atoms with Crippen molar-refractivity contribution in [2.24, 2.45) is 0 Å². The van der Waals surface area contributed by atoms with Crippen molar-refractivity contribution >= 4 is 11.8 Å². The van der Waals surface area contributed by atoms with E-state index in [0.717, 1.165) is 24.2 Å². The maximum atomic E-state index is 11.4. The molecule has 0 saturated heterocycles. The highest BCUT2D eigenvalue weighted by Crippen LogP contribution is 2.08. The average Bonchev–Trinajstić information content (AvgIpc) is 2.31. The summed E-state index contributed by atoms with van der Waals surface area (Å²) in [4.78, 5) is 11.4. The summed E-state index contributed by atoms with van der Waals surface area (Å²) in [7, 11) is 0.